The van der Waals surface area contributed by atoms with Gasteiger partial charge < -0.3 is 24.6 Å². The van der Waals surface area contributed by atoms with Crippen LogP contribution in [0.5, 0.6) is 5.75 Å². The number of carbonyl (C=O) groups excluding carboxylic acids is 3. The second-order valence-electron chi connectivity index (χ2n) is 13.4. The van der Waals surface area contributed by atoms with Crippen LogP contribution in [0.15, 0.2) is 41.4 Å². The van der Waals surface area contributed by atoms with Gasteiger partial charge >= 0.3 is 12.3 Å². The van der Waals surface area contributed by atoms with E-state index in [-0.39, 0.29) is 41.7 Å². The molecular formula is C32H36Cl2F3N5O7S. The number of rotatable bonds is 8. The maximum absolute atomic E-state index is 14.1. The zero-order chi connectivity index (χ0) is 37.3. The van der Waals surface area contributed by atoms with Gasteiger partial charge in [0.05, 0.1) is 32.0 Å². The molecule has 1 N–H and O–H groups in total. The van der Waals surface area contributed by atoms with E-state index in [0.29, 0.717) is 17.1 Å². The molecule has 5 rings (SSSR count). The molecule has 1 aromatic heterocycles. The molecule has 3 aliphatic rings. The fourth-order valence-corrected chi connectivity index (χ4v) is 8.01. The van der Waals surface area contributed by atoms with Gasteiger partial charge in [-0.05, 0) is 71.2 Å². The van der Waals surface area contributed by atoms with E-state index in [2.05, 4.69) is 15.0 Å². The molecule has 1 aromatic carbocycles. The average molecular weight is 763 g/mol. The second-order valence-corrected chi connectivity index (χ2v) is 16.5. The number of nitriles is 1. The maximum Gasteiger partial charge on any atom is 0.422 e. The van der Waals surface area contributed by atoms with Crippen LogP contribution in [0.3, 0.4) is 0 Å². The topological polar surface area (TPSA) is 159 Å². The minimum absolute atomic E-state index is 0.0266. The Morgan fingerprint density at radius 1 is 1.16 bits per heavy atom. The predicted molar refractivity (Wildman–Crippen MR) is 175 cm³/mol. The summed E-state index contributed by atoms with van der Waals surface area (Å²) in [6.45, 7) is 5.14. The van der Waals surface area contributed by atoms with Gasteiger partial charge in [-0.2, -0.15) is 18.4 Å². The number of pyridine rings is 1. The maximum atomic E-state index is 14.1. The normalized spacial score (nSPS) is 20.7. The lowest BCUT2D eigenvalue weighted by atomic mass is 9.75. The van der Waals surface area contributed by atoms with E-state index in [1.54, 1.807) is 39.8 Å². The first-order valence-electron chi connectivity index (χ1n) is 15.4. The number of hydrogen-bond donors (Lipinski definition) is 1. The molecule has 1 aliphatic carbocycles. The van der Waals surface area contributed by atoms with Crippen LogP contribution in [-0.4, -0.2) is 96.5 Å². The Kier molecular flexibility index (Phi) is 11.3. The van der Waals surface area contributed by atoms with Gasteiger partial charge in [-0.3, -0.25) is 14.6 Å². The quantitative estimate of drug-likeness (QED) is 0.363. The van der Waals surface area contributed by atoms with Gasteiger partial charge in [-0.15, -0.1) is 0 Å². The standard InChI is InChI=1S/C27H30Cl2F3N3O6S.C5H6N2O/c1-16-9-19(42(38,39)21-7-6-18(10-20(21)29)40-15-27(30,31)32)12-35(16)23(36)26(22-8-5-17(28)11-33-22)13-34(14-26)24(37)41-25(2,3)4;6-3-5(1-2-5)7-4-8/h5-8,10-11,16,19H,9,12-15H2,1-4H3;4H,1-2H2,(H,7,8)/t16-,19?;/m1./s1. The van der Waals surface area contributed by atoms with Crippen LogP contribution in [0.1, 0.15) is 52.7 Å². The number of amides is 3. The lowest BCUT2D eigenvalue weighted by Gasteiger charge is -2.49. The Morgan fingerprint density at radius 2 is 1.82 bits per heavy atom. The van der Waals surface area contributed by atoms with Crippen LogP contribution in [0.25, 0.3) is 0 Å². The van der Waals surface area contributed by atoms with Crippen LogP contribution in [0.4, 0.5) is 18.0 Å². The molecule has 2 atom stereocenters. The van der Waals surface area contributed by atoms with Crippen molar-refractivity contribution < 1.29 is 45.4 Å². The molecule has 0 spiro atoms. The molecule has 2 aliphatic heterocycles. The van der Waals surface area contributed by atoms with Crippen molar-refractivity contribution in [2.75, 3.05) is 26.2 Å². The third-order valence-electron chi connectivity index (χ3n) is 8.35. The van der Waals surface area contributed by atoms with Gasteiger partial charge in [-0.1, -0.05) is 23.2 Å². The fraction of sp³-hybridized carbons (Fsp3) is 0.531. The predicted octanol–water partition coefficient (Wildman–Crippen LogP) is 5.07. The summed E-state index contributed by atoms with van der Waals surface area (Å²) in [5.41, 5.74) is -2.08. The highest BCUT2D eigenvalue weighted by Gasteiger charge is 2.58. The van der Waals surface area contributed by atoms with Gasteiger partial charge in [0.2, 0.25) is 12.3 Å². The van der Waals surface area contributed by atoms with Crippen molar-refractivity contribution in [2.45, 2.75) is 85.9 Å². The molecule has 272 valence electrons. The summed E-state index contributed by atoms with van der Waals surface area (Å²) in [5, 5.41) is 9.79. The summed E-state index contributed by atoms with van der Waals surface area (Å²) in [7, 11) is -4.10. The largest absolute Gasteiger partial charge is 0.484 e. The lowest BCUT2D eigenvalue weighted by Crippen LogP contribution is -2.68. The van der Waals surface area contributed by atoms with E-state index < -0.39 is 62.5 Å². The highest BCUT2D eigenvalue weighted by Crippen LogP contribution is 2.41. The van der Waals surface area contributed by atoms with Crippen LogP contribution >= 0.6 is 23.2 Å². The third-order valence-corrected chi connectivity index (χ3v) is 11.2. The Hall–Kier alpha value is -3.81. The number of carbonyl (C=O) groups is 3. The Labute approximate surface area is 297 Å². The Bertz CT molecular complexity index is 1750. The molecule has 2 aromatic rings. The lowest BCUT2D eigenvalue weighted by molar-refractivity contribution is -0.153. The third kappa shape index (κ3) is 8.91. The van der Waals surface area contributed by atoms with Crippen molar-refractivity contribution >= 4 is 51.4 Å². The molecule has 3 fully saturated rings. The summed E-state index contributed by atoms with van der Waals surface area (Å²) in [6.07, 6.45) is -1.48. The molecule has 0 radical (unpaired) electrons. The molecule has 18 heteroatoms. The minimum Gasteiger partial charge on any atom is -0.484 e. The monoisotopic (exact) mass is 761 g/mol. The highest BCUT2D eigenvalue weighted by molar-refractivity contribution is 7.92. The number of aromatic nitrogens is 1. The van der Waals surface area contributed by atoms with Crippen molar-refractivity contribution in [3.05, 3.63) is 52.3 Å². The molecule has 0 bridgehead atoms. The number of halogens is 5. The van der Waals surface area contributed by atoms with Crippen LogP contribution in [0.2, 0.25) is 10.0 Å². The summed E-state index contributed by atoms with van der Waals surface area (Å²) < 4.78 is 74.7. The molecule has 3 amide bonds. The van der Waals surface area contributed by atoms with Crippen LogP contribution in [0, 0.1) is 11.3 Å². The zero-order valence-electron chi connectivity index (χ0n) is 27.6. The first-order valence-corrected chi connectivity index (χ1v) is 17.7. The minimum atomic E-state index is -4.57. The van der Waals surface area contributed by atoms with E-state index in [1.165, 1.54) is 16.0 Å². The number of ether oxygens (including phenoxy) is 2. The van der Waals surface area contributed by atoms with Crippen molar-refractivity contribution in [3.63, 3.8) is 0 Å². The number of benzene rings is 1. The molecule has 1 unspecified atom stereocenters. The van der Waals surface area contributed by atoms with Crippen molar-refractivity contribution in [1.82, 2.24) is 20.1 Å². The summed E-state index contributed by atoms with van der Waals surface area (Å²) >= 11 is 12.2. The van der Waals surface area contributed by atoms with Crippen molar-refractivity contribution in [2.24, 2.45) is 0 Å². The SMILES string of the molecule is C[C@@H]1CC(S(=O)(=O)c2ccc(OCC(F)(F)F)cc2Cl)CN1C(=O)C1(c2ccc(Cl)cn2)CN(C(=O)OC(C)(C)C)C1.N#CC1(NC=O)CC1. The summed E-state index contributed by atoms with van der Waals surface area (Å²) in [5.74, 6) is -0.630. The van der Waals surface area contributed by atoms with E-state index in [9.17, 15) is 36.0 Å². The molecule has 1 saturated carbocycles. The zero-order valence-corrected chi connectivity index (χ0v) is 29.9. The molecule has 12 nitrogen and oxygen atoms in total. The van der Waals surface area contributed by atoms with E-state index >= 15 is 0 Å². The van der Waals surface area contributed by atoms with Crippen molar-refractivity contribution in [1.29, 1.82) is 5.26 Å². The van der Waals surface area contributed by atoms with E-state index in [0.717, 1.165) is 31.0 Å². The van der Waals surface area contributed by atoms with Gasteiger partial charge in [-0.25, -0.2) is 13.2 Å². The summed E-state index contributed by atoms with van der Waals surface area (Å²) in [4.78, 5) is 43.5. The molecule has 2 saturated heterocycles. The number of hydrogen-bond acceptors (Lipinski definition) is 9. The number of nitrogens with one attached hydrogen (secondary N) is 1. The number of sulfone groups is 1. The van der Waals surface area contributed by atoms with Gasteiger partial charge in [0.15, 0.2) is 16.4 Å². The number of likely N-dealkylation sites (tertiary alicyclic amines) is 2. The highest BCUT2D eigenvalue weighted by atomic mass is 35.5. The average Bonchev–Trinajstić information content (AvgIpc) is 3.66. The Balaban J connectivity index is 0.000000616. The van der Waals surface area contributed by atoms with E-state index in [1.807, 2.05) is 6.07 Å². The van der Waals surface area contributed by atoms with Gasteiger partial charge in [0.1, 0.15) is 22.3 Å². The van der Waals surface area contributed by atoms with Gasteiger partial charge in [0, 0.05) is 37.9 Å². The first kappa shape index (κ1) is 39.0. The van der Waals surface area contributed by atoms with Gasteiger partial charge in [0.25, 0.3) is 0 Å². The number of nitrogens with zero attached hydrogens (tertiary/aromatic N) is 4. The first-order chi connectivity index (χ1) is 23.1. The second kappa shape index (κ2) is 14.4. The number of alkyl halides is 3. The summed E-state index contributed by atoms with van der Waals surface area (Å²) in [6, 6.07) is 7.92. The smallest absolute Gasteiger partial charge is 0.422 e. The Morgan fingerprint density at radius 3 is 2.30 bits per heavy atom. The van der Waals surface area contributed by atoms with Crippen molar-refractivity contribution in [3.8, 4) is 11.8 Å². The fourth-order valence-electron chi connectivity index (χ4n) is 5.56. The molecule has 3 heterocycles. The molecular weight excluding hydrogens is 726 g/mol. The van der Waals surface area contributed by atoms with Crippen LogP contribution in [-0.2, 0) is 29.6 Å². The van der Waals surface area contributed by atoms with E-state index in [4.69, 9.17) is 33.2 Å². The van der Waals surface area contributed by atoms with Crippen LogP contribution < -0.4 is 10.1 Å². The molecule has 50 heavy (non-hydrogen) atoms.